The number of likely N-dealkylation sites (tertiary alicyclic amines) is 1. The molecule has 1 aliphatic heterocycles. The number of carboxylic acid groups (broad SMARTS) is 1. The number of thiazole rings is 1. The number of carbonyl (C=O) groups is 3. The minimum absolute atomic E-state index is 0.0867. The van der Waals surface area contributed by atoms with Gasteiger partial charge in [-0.3, -0.25) is 14.4 Å². The third kappa shape index (κ3) is 5.01. The van der Waals surface area contributed by atoms with Gasteiger partial charge in [0.25, 0.3) is 5.91 Å². The Labute approximate surface area is 151 Å². The lowest BCUT2D eigenvalue weighted by atomic mass is 10.1. The van der Waals surface area contributed by atoms with Crippen molar-refractivity contribution in [1.29, 1.82) is 0 Å². The van der Waals surface area contributed by atoms with E-state index in [0.29, 0.717) is 37.5 Å². The van der Waals surface area contributed by atoms with Gasteiger partial charge in [0.15, 0.2) is 0 Å². The average Bonchev–Trinajstić information content (AvgIpc) is 2.91. The van der Waals surface area contributed by atoms with E-state index >= 15 is 0 Å². The topological polar surface area (TPSA) is 90.8 Å². The van der Waals surface area contributed by atoms with Gasteiger partial charge in [0, 0.05) is 37.4 Å². The highest BCUT2D eigenvalue weighted by Gasteiger charge is 2.28. The molecule has 1 aromatic heterocycles. The Balaban J connectivity index is 2.03. The lowest BCUT2D eigenvalue weighted by molar-refractivity contribution is -0.145. The summed E-state index contributed by atoms with van der Waals surface area (Å²) >= 11 is 1.49. The van der Waals surface area contributed by atoms with Crippen molar-refractivity contribution >= 4 is 29.1 Å². The summed E-state index contributed by atoms with van der Waals surface area (Å²) < 4.78 is 0. The van der Waals surface area contributed by atoms with E-state index in [4.69, 9.17) is 5.11 Å². The van der Waals surface area contributed by atoms with Gasteiger partial charge in [0.05, 0.1) is 5.01 Å². The zero-order valence-corrected chi connectivity index (χ0v) is 15.7. The van der Waals surface area contributed by atoms with Gasteiger partial charge in [-0.25, -0.2) is 4.98 Å². The van der Waals surface area contributed by atoms with Crippen LogP contribution in [-0.2, 0) is 9.59 Å². The van der Waals surface area contributed by atoms with Crippen molar-refractivity contribution in [2.75, 3.05) is 19.6 Å². The van der Waals surface area contributed by atoms with Gasteiger partial charge in [-0.1, -0.05) is 13.8 Å². The molecule has 2 rings (SSSR count). The van der Waals surface area contributed by atoms with Gasteiger partial charge >= 0.3 is 5.97 Å². The summed E-state index contributed by atoms with van der Waals surface area (Å²) in [6.07, 6.45) is 2.02. The molecule has 0 aliphatic carbocycles. The largest absolute Gasteiger partial charge is 0.480 e. The number of nitrogens with zero attached hydrogens (tertiary/aromatic N) is 3. The van der Waals surface area contributed by atoms with E-state index in [0.717, 1.165) is 11.4 Å². The minimum atomic E-state index is -1.02. The van der Waals surface area contributed by atoms with E-state index in [-0.39, 0.29) is 24.4 Å². The maximum Gasteiger partial charge on any atom is 0.323 e. The Morgan fingerprint density at radius 1 is 1.36 bits per heavy atom. The van der Waals surface area contributed by atoms with Crippen LogP contribution < -0.4 is 0 Å². The minimum Gasteiger partial charge on any atom is -0.480 e. The van der Waals surface area contributed by atoms with Crippen molar-refractivity contribution < 1.29 is 19.5 Å². The summed E-state index contributed by atoms with van der Waals surface area (Å²) in [6, 6.07) is -0.145. The lowest BCUT2D eigenvalue weighted by Crippen LogP contribution is -2.43. The molecule has 1 N–H and O–H groups in total. The molecule has 0 bridgehead atoms. The van der Waals surface area contributed by atoms with Crippen LogP contribution in [0.4, 0.5) is 0 Å². The first-order chi connectivity index (χ1) is 11.8. The monoisotopic (exact) mass is 367 g/mol. The van der Waals surface area contributed by atoms with Crippen LogP contribution in [0.2, 0.25) is 0 Å². The highest BCUT2D eigenvalue weighted by atomic mass is 32.1. The smallest absolute Gasteiger partial charge is 0.323 e. The van der Waals surface area contributed by atoms with Gasteiger partial charge in [0.1, 0.15) is 12.2 Å². The lowest BCUT2D eigenvalue weighted by Gasteiger charge is -2.28. The molecule has 25 heavy (non-hydrogen) atoms. The first kappa shape index (κ1) is 19.4. The number of aliphatic carboxylic acids is 1. The molecule has 0 aromatic carbocycles. The normalized spacial score (nSPS) is 18.1. The molecular formula is C17H25N3O4S. The molecule has 2 amide bonds. The van der Waals surface area contributed by atoms with Crippen LogP contribution in [0.1, 0.15) is 61.4 Å². The molecule has 0 saturated carbocycles. The van der Waals surface area contributed by atoms with Crippen molar-refractivity contribution in [2.45, 2.75) is 52.0 Å². The average molecular weight is 367 g/mol. The van der Waals surface area contributed by atoms with Crippen LogP contribution in [0, 0.1) is 0 Å². The van der Waals surface area contributed by atoms with Crippen LogP contribution >= 0.6 is 11.3 Å². The van der Waals surface area contributed by atoms with E-state index in [1.807, 2.05) is 13.8 Å². The van der Waals surface area contributed by atoms with Crippen molar-refractivity contribution in [1.82, 2.24) is 14.8 Å². The van der Waals surface area contributed by atoms with Crippen molar-refractivity contribution in [3.05, 3.63) is 16.1 Å². The van der Waals surface area contributed by atoms with E-state index in [1.54, 1.807) is 10.3 Å². The van der Waals surface area contributed by atoms with Crippen molar-refractivity contribution in [3.63, 3.8) is 0 Å². The first-order valence-corrected chi connectivity index (χ1v) is 9.41. The molecule has 2 heterocycles. The van der Waals surface area contributed by atoms with Crippen LogP contribution in [0.5, 0.6) is 0 Å². The molecule has 0 radical (unpaired) electrons. The Morgan fingerprint density at radius 3 is 2.64 bits per heavy atom. The van der Waals surface area contributed by atoms with E-state index in [9.17, 15) is 14.4 Å². The number of rotatable bonds is 5. The van der Waals surface area contributed by atoms with Gasteiger partial charge in [-0.2, -0.15) is 0 Å². The number of carbonyl (C=O) groups excluding carboxylic acids is 2. The van der Waals surface area contributed by atoms with Crippen LogP contribution in [0.3, 0.4) is 0 Å². The summed E-state index contributed by atoms with van der Waals surface area (Å²) in [6.45, 7) is 6.28. The number of hydrogen-bond acceptors (Lipinski definition) is 5. The fourth-order valence-electron chi connectivity index (χ4n) is 3.05. The molecule has 0 unspecified atom stereocenters. The Hall–Kier alpha value is -1.96. The second-order valence-corrected chi connectivity index (χ2v) is 7.53. The molecule has 1 aromatic rings. The summed E-state index contributed by atoms with van der Waals surface area (Å²) in [4.78, 5) is 43.0. The van der Waals surface area contributed by atoms with Crippen LogP contribution in [0.15, 0.2) is 5.38 Å². The second-order valence-electron chi connectivity index (χ2n) is 6.64. The third-order valence-electron chi connectivity index (χ3n) is 4.37. The molecule has 7 nitrogen and oxygen atoms in total. The Morgan fingerprint density at radius 2 is 2.08 bits per heavy atom. The quantitative estimate of drug-likeness (QED) is 0.861. The second kappa shape index (κ2) is 8.42. The maximum atomic E-state index is 12.7. The molecule has 1 fully saturated rings. The Kier molecular flexibility index (Phi) is 6.52. The molecule has 1 atom stereocenters. The predicted molar refractivity (Wildman–Crippen MR) is 94.8 cm³/mol. The summed E-state index contributed by atoms with van der Waals surface area (Å²) in [5, 5.41) is 11.7. The fourth-order valence-corrected chi connectivity index (χ4v) is 3.86. The van der Waals surface area contributed by atoms with Crippen molar-refractivity contribution in [2.24, 2.45) is 0 Å². The number of aromatic nitrogens is 1. The molecule has 1 aliphatic rings. The van der Waals surface area contributed by atoms with Gasteiger partial charge < -0.3 is 14.9 Å². The maximum absolute atomic E-state index is 12.7. The summed E-state index contributed by atoms with van der Waals surface area (Å²) in [7, 11) is 0. The number of amides is 2. The zero-order chi connectivity index (χ0) is 18.6. The number of hydrogen-bond donors (Lipinski definition) is 1. The van der Waals surface area contributed by atoms with Gasteiger partial charge in [-0.15, -0.1) is 11.3 Å². The summed E-state index contributed by atoms with van der Waals surface area (Å²) in [5.41, 5.74) is 0.473. The predicted octanol–water partition coefficient (Wildman–Crippen LogP) is 2.19. The van der Waals surface area contributed by atoms with E-state index in [2.05, 4.69) is 4.98 Å². The zero-order valence-electron chi connectivity index (χ0n) is 14.9. The van der Waals surface area contributed by atoms with E-state index < -0.39 is 5.97 Å². The highest BCUT2D eigenvalue weighted by Crippen LogP contribution is 2.22. The Bertz CT molecular complexity index is 644. The van der Waals surface area contributed by atoms with Crippen LogP contribution in [0.25, 0.3) is 0 Å². The molecule has 8 heteroatoms. The molecule has 138 valence electrons. The summed E-state index contributed by atoms with van der Waals surface area (Å²) in [5.74, 6) is -1.05. The molecule has 0 spiro atoms. The SMILES string of the molecule is CC(=O)N(CC(=O)O)[C@H]1CCCN(C(=O)c2csc(C(C)C)n2)CC1. The van der Waals surface area contributed by atoms with Gasteiger partial charge in [-0.05, 0) is 19.3 Å². The fraction of sp³-hybridized carbons (Fsp3) is 0.647. The molecule has 1 saturated heterocycles. The first-order valence-electron chi connectivity index (χ1n) is 8.53. The number of carboxylic acids is 1. The van der Waals surface area contributed by atoms with Gasteiger partial charge in [0.2, 0.25) is 5.91 Å². The molecular weight excluding hydrogens is 342 g/mol. The third-order valence-corrected chi connectivity index (χ3v) is 5.52. The van der Waals surface area contributed by atoms with Crippen molar-refractivity contribution in [3.8, 4) is 0 Å². The highest BCUT2D eigenvalue weighted by molar-refractivity contribution is 7.09. The van der Waals surface area contributed by atoms with E-state index in [1.165, 1.54) is 23.2 Å². The standard InChI is InChI=1S/C17H25N3O4S/c1-11(2)16-18-14(10-25-16)17(24)19-7-4-5-13(6-8-19)20(12(3)21)9-15(22)23/h10-11,13H,4-9H2,1-3H3,(H,22,23)/t13-/m0/s1. The van der Waals surface area contributed by atoms with Crippen LogP contribution in [-0.4, -0.2) is 63.4 Å².